The van der Waals surface area contributed by atoms with Gasteiger partial charge in [-0.2, -0.15) is 0 Å². The molecule has 9 nitrogen and oxygen atoms in total. The molecule has 0 saturated carbocycles. The second-order valence-electron chi connectivity index (χ2n) is 8.23. The highest BCUT2D eigenvalue weighted by Crippen LogP contribution is 2.44. The second-order valence-corrected chi connectivity index (χ2v) is 8.23. The molecule has 4 rings (SSSR count). The first-order chi connectivity index (χ1) is 16.4. The van der Waals surface area contributed by atoms with E-state index < -0.39 is 23.9 Å². The van der Waals surface area contributed by atoms with Crippen molar-refractivity contribution in [1.29, 1.82) is 0 Å². The van der Waals surface area contributed by atoms with E-state index in [1.807, 2.05) is 36.4 Å². The predicted octanol–water partition coefficient (Wildman–Crippen LogP) is 3.51. The molecule has 1 aliphatic rings. The van der Waals surface area contributed by atoms with Gasteiger partial charge in [0, 0.05) is 19.5 Å². The lowest BCUT2D eigenvalue weighted by atomic mass is 9.98. The van der Waals surface area contributed by atoms with Crippen molar-refractivity contribution in [3.05, 3.63) is 77.5 Å². The van der Waals surface area contributed by atoms with Gasteiger partial charge in [-0.15, -0.1) is 0 Å². The minimum Gasteiger partial charge on any atom is -0.481 e. The maximum absolute atomic E-state index is 12.6. The zero-order valence-corrected chi connectivity index (χ0v) is 18.9. The van der Waals surface area contributed by atoms with Crippen LogP contribution in [-0.4, -0.2) is 53.2 Å². The van der Waals surface area contributed by atoms with Crippen molar-refractivity contribution in [2.75, 3.05) is 20.2 Å². The zero-order chi connectivity index (χ0) is 24.2. The van der Waals surface area contributed by atoms with Gasteiger partial charge in [-0.1, -0.05) is 55.5 Å². The number of rotatable bonds is 8. The van der Waals surface area contributed by atoms with E-state index in [2.05, 4.69) is 22.4 Å². The summed E-state index contributed by atoms with van der Waals surface area (Å²) < 4.78 is 10.8. The Labute approximate surface area is 196 Å². The van der Waals surface area contributed by atoms with E-state index in [1.54, 1.807) is 0 Å². The first kappa shape index (κ1) is 23.0. The summed E-state index contributed by atoms with van der Waals surface area (Å²) in [6, 6.07) is 16.1. The highest BCUT2D eigenvalue weighted by atomic mass is 16.5. The molecule has 2 amide bonds. The maximum Gasteiger partial charge on any atom is 0.407 e. The van der Waals surface area contributed by atoms with Crippen LogP contribution in [-0.2, 0) is 16.1 Å². The number of aliphatic carboxylic acids is 1. The van der Waals surface area contributed by atoms with Crippen LogP contribution < -0.4 is 5.32 Å². The van der Waals surface area contributed by atoms with Crippen LogP contribution >= 0.6 is 0 Å². The number of amides is 2. The topological polar surface area (TPSA) is 122 Å². The van der Waals surface area contributed by atoms with Crippen LogP contribution in [0.2, 0.25) is 0 Å². The summed E-state index contributed by atoms with van der Waals surface area (Å²) in [5, 5.41) is 11.6. The SMILES string of the molecule is CC(CN(C)C(=O)c1ncoc1CNC(=O)OCC1c2ccccc2-c2ccccc21)C(=O)O. The summed E-state index contributed by atoms with van der Waals surface area (Å²) in [6.45, 7) is 1.59. The quantitative estimate of drug-likeness (QED) is 0.524. The molecule has 176 valence electrons. The molecule has 1 aliphatic carbocycles. The molecule has 2 aromatic carbocycles. The number of nitrogens with zero attached hydrogens (tertiary/aromatic N) is 2. The number of oxazole rings is 1. The van der Waals surface area contributed by atoms with Gasteiger partial charge in [0.2, 0.25) is 0 Å². The predicted molar refractivity (Wildman–Crippen MR) is 122 cm³/mol. The van der Waals surface area contributed by atoms with Crippen molar-refractivity contribution in [2.45, 2.75) is 19.4 Å². The zero-order valence-electron chi connectivity index (χ0n) is 18.9. The third-order valence-electron chi connectivity index (χ3n) is 5.90. The number of ether oxygens (including phenoxy) is 1. The van der Waals surface area contributed by atoms with Gasteiger partial charge < -0.3 is 24.5 Å². The van der Waals surface area contributed by atoms with Crippen molar-refractivity contribution >= 4 is 18.0 Å². The summed E-state index contributed by atoms with van der Waals surface area (Å²) >= 11 is 0. The van der Waals surface area contributed by atoms with Crippen LogP contribution in [0.1, 0.15) is 40.2 Å². The highest BCUT2D eigenvalue weighted by molar-refractivity contribution is 5.93. The summed E-state index contributed by atoms with van der Waals surface area (Å²) in [5.74, 6) is -2.13. The minimum absolute atomic E-state index is 0.0130. The first-order valence-corrected chi connectivity index (χ1v) is 10.9. The molecule has 0 saturated heterocycles. The van der Waals surface area contributed by atoms with Gasteiger partial charge in [-0.25, -0.2) is 9.78 Å². The molecule has 0 fully saturated rings. The van der Waals surface area contributed by atoms with Gasteiger partial charge in [0.25, 0.3) is 5.91 Å². The number of carbonyl (C=O) groups excluding carboxylic acids is 2. The lowest BCUT2D eigenvalue weighted by Crippen LogP contribution is -2.34. The number of aromatic nitrogens is 1. The molecular weight excluding hydrogens is 438 g/mol. The fourth-order valence-electron chi connectivity index (χ4n) is 4.12. The van der Waals surface area contributed by atoms with Crippen LogP contribution in [0.4, 0.5) is 4.79 Å². The molecule has 0 radical (unpaired) electrons. The average Bonchev–Trinajstić information content (AvgIpc) is 3.43. The Kier molecular flexibility index (Phi) is 6.62. The van der Waals surface area contributed by atoms with Gasteiger partial charge in [-0.05, 0) is 22.3 Å². The lowest BCUT2D eigenvalue weighted by Gasteiger charge is -2.18. The number of hydrogen-bond acceptors (Lipinski definition) is 6. The fraction of sp³-hybridized carbons (Fsp3) is 0.280. The number of nitrogens with one attached hydrogen (secondary N) is 1. The van der Waals surface area contributed by atoms with E-state index in [4.69, 9.17) is 14.3 Å². The molecule has 1 atom stereocenters. The Balaban J connectivity index is 1.35. The van der Waals surface area contributed by atoms with Gasteiger partial charge in [0.15, 0.2) is 17.8 Å². The van der Waals surface area contributed by atoms with Crippen molar-refractivity contribution < 1.29 is 28.6 Å². The Morgan fingerprint density at radius 3 is 2.35 bits per heavy atom. The Morgan fingerprint density at radius 1 is 1.12 bits per heavy atom. The Bertz CT molecular complexity index is 1180. The molecule has 1 aromatic heterocycles. The number of carboxylic acid groups (broad SMARTS) is 1. The molecule has 1 heterocycles. The van der Waals surface area contributed by atoms with Crippen LogP contribution in [0.5, 0.6) is 0 Å². The number of hydrogen-bond donors (Lipinski definition) is 2. The summed E-state index contributed by atoms with van der Waals surface area (Å²) in [5.41, 5.74) is 4.51. The van der Waals surface area contributed by atoms with Crippen molar-refractivity contribution in [3.8, 4) is 11.1 Å². The van der Waals surface area contributed by atoms with Crippen molar-refractivity contribution in [2.24, 2.45) is 5.92 Å². The standard InChI is InChI=1S/C25H25N3O6/c1-15(24(30)31)12-28(2)23(29)22-21(34-14-27-22)11-26-25(32)33-13-20-18-9-5-3-7-16(18)17-8-4-6-10-19(17)20/h3-10,14-15,20H,11-13H2,1-2H3,(H,26,32)(H,30,31). The highest BCUT2D eigenvalue weighted by Gasteiger charge is 2.29. The van der Waals surface area contributed by atoms with Crippen LogP contribution in [0, 0.1) is 5.92 Å². The molecule has 0 bridgehead atoms. The van der Waals surface area contributed by atoms with Gasteiger partial charge in [0.1, 0.15) is 6.61 Å². The van der Waals surface area contributed by atoms with E-state index in [9.17, 15) is 14.4 Å². The molecule has 3 aromatic rings. The number of alkyl carbamates (subject to hydrolysis) is 1. The monoisotopic (exact) mass is 463 g/mol. The van der Waals surface area contributed by atoms with E-state index >= 15 is 0 Å². The summed E-state index contributed by atoms with van der Waals surface area (Å²) in [7, 11) is 1.49. The molecule has 34 heavy (non-hydrogen) atoms. The Hall–Kier alpha value is -4.14. The lowest BCUT2D eigenvalue weighted by molar-refractivity contribution is -0.141. The van der Waals surface area contributed by atoms with Gasteiger partial charge in [-0.3, -0.25) is 9.59 Å². The van der Waals surface area contributed by atoms with E-state index in [0.29, 0.717) is 0 Å². The van der Waals surface area contributed by atoms with Gasteiger partial charge in [0.05, 0.1) is 12.5 Å². The van der Waals surface area contributed by atoms with Crippen LogP contribution in [0.3, 0.4) is 0 Å². The normalized spacial score (nSPS) is 13.0. The van der Waals surface area contributed by atoms with E-state index in [-0.39, 0.29) is 37.1 Å². The average molecular weight is 463 g/mol. The Morgan fingerprint density at radius 2 is 1.74 bits per heavy atom. The first-order valence-electron chi connectivity index (χ1n) is 10.9. The van der Waals surface area contributed by atoms with E-state index in [0.717, 1.165) is 28.6 Å². The largest absolute Gasteiger partial charge is 0.481 e. The molecular formula is C25H25N3O6. The molecule has 9 heteroatoms. The smallest absolute Gasteiger partial charge is 0.407 e. The van der Waals surface area contributed by atoms with Crippen LogP contribution in [0.25, 0.3) is 11.1 Å². The molecule has 0 aliphatic heterocycles. The molecule has 0 spiro atoms. The van der Waals surface area contributed by atoms with Crippen molar-refractivity contribution in [1.82, 2.24) is 15.2 Å². The number of benzene rings is 2. The summed E-state index contributed by atoms with van der Waals surface area (Å²) in [4.78, 5) is 41.3. The second kappa shape index (κ2) is 9.78. The molecule has 1 unspecified atom stereocenters. The molecule has 2 N–H and O–H groups in total. The van der Waals surface area contributed by atoms with Crippen LogP contribution in [0.15, 0.2) is 59.3 Å². The third kappa shape index (κ3) is 4.63. The number of carbonyl (C=O) groups is 3. The number of carboxylic acids is 1. The van der Waals surface area contributed by atoms with Gasteiger partial charge >= 0.3 is 12.1 Å². The third-order valence-corrected chi connectivity index (χ3v) is 5.90. The van der Waals surface area contributed by atoms with Crippen molar-refractivity contribution in [3.63, 3.8) is 0 Å². The summed E-state index contributed by atoms with van der Waals surface area (Å²) in [6.07, 6.45) is 0.459. The maximum atomic E-state index is 12.6. The minimum atomic E-state index is -1.00. The number of fused-ring (bicyclic) bond motifs is 3. The van der Waals surface area contributed by atoms with E-state index in [1.165, 1.54) is 18.9 Å². The fourth-order valence-corrected chi connectivity index (χ4v) is 4.12.